The molecule has 0 saturated carbocycles. The van der Waals surface area contributed by atoms with Crippen molar-refractivity contribution in [1.29, 1.82) is 0 Å². The minimum absolute atomic E-state index is 0.183. The molecule has 2 aromatic carbocycles. The third-order valence-electron chi connectivity index (χ3n) is 3.61. The summed E-state index contributed by atoms with van der Waals surface area (Å²) in [6.07, 6.45) is 2.90. The first-order valence-corrected chi connectivity index (χ1v) is 7.47. The zero-order valence-electron chi connectivity index (χ0n) is 12.8. The summed E-state index contributed by atoms with van der Waals surface area (Å²) in [5, 5.41) is 6.27. The van der Waals surface area contributed by atoms with Gasteiger partial charge in [-0.1, -0.05) is 30.3 Å². The maximum absolute atomic E-state index is 11.9. The number of hydrogen-bond acceptors (Lipinski definition) is 3. The highest BCUT2D eigenvalue weighted by atomic mass is 16.3. The molecular weight excluding hydrogens is 288 g/mol. The number of amides is 1. The molecule has 1 aromatic heterocycles. The van der Waals surface area contributed by atoms with E-state index in [0.29, 0.717) is 5.56 Å². The Morgan fingerprint density at radius 2 is 1.65 bits per heavy atom. The number of furan rings is 1. The molecule has 0 aliphatic carbocycles. The summed E-state index contributed by atoms with van der Waals surface area (Å²) in [5.41, 5.74) is 3.48. The van der Waals surface area contributed by atoms with Crippen molar-refractivity contribution < 1.29 is 9.21 Å². The number of rotatable bonds is 5. The smallest absolute Gasteiger partial charge is 0.258 e. The standard InChI is InChI=1S/C19H18N2O2/c1-14(15-5-3-2-4-6-15)20-17-7-9-18(10-8-17)21-19(22)16-11-12-23-13-16/h2-14,20H,1H3,(H,21,22). The third-order valence-corrected chi connectivity index (χ3v) is 3.61. The van der Waals surface area contributed by atoms with Gasteiger partial charge in [0, 0.05) is 17.4 Å². The number of hydrogen-bond donors (Lipinski definition) is 2. The molecule has 0 spiro atoms. The summed E-state index contributed by atoms with van der Waals surface area (Å²) in [6, 6.07) is 19.7. The van der Waals surface area contributed by atoms with Crippen LogP contribution >= 0.6 is 0 Å². The molecule has 0 radical (unpaired) electrons. The fraction of sp³-hybridized carbons (Fsp3) is 0.105. The summed E-state index contributed by atoms with van der Waals surface area (Å²) in [5.74, 6) is -0.183. The second-order valence-electron chi connectivity index (χ2n) is 5.32. The number of anilines is 2. The average molecular weight is 306 g/mol. The zero-order chi connectivity index (χ0) is 16.1. The van der Waals surface area contributed by atoms with Gasteiger partial charge in [0.1, 0.15) is 6.26 Å². The van der Waals surface area contributed by atoms with Crippen LogP contribution in [0.2, 0.25) is 0 Å². The lowest BCUT2D eigenvalue weighted by molar-refractivity contribution is 0.102. The lowest BCUT2D eigenvalue weighted by Crippen LogP contribution is -2.11. The summed E-state index contributed by atoms with van der Waals surface area (Å²) >= 11 is 0. The lowest BCUT2D eigenvalue weighted by atomic mass is 10.1. The van der Waals surface area contributed by atoms with E-state index in [-0.39, 0.29) is 11.9 Å². The van der Waals surface area contributed by atoms with Crippen LogP contribution in [0.25, 0.3) is 0 Å². The molecule has 4 nitrogen and oxygen atoms in total. The van der Waals surface area contributed by atoms with Gasteiger partial charge in [0.05, 0.1) is 11.8 Å². The van der Waals surface area contributed by atoms with E-state index in [9.17, 15) is 4.79 Å². The van der Waals surface area contributed by atoms with Gasteiger partial charge in [-0.2, -0.15) is 0 Å². The Morgan fingerprint density at radius 3 is 2.30 bits per heavy atom. The molecule has 0 aliphatic rings. The Hall–Kier alpha value is -3.01. The predicted molar refractivity (Wildman–Crippen MR) is 91.6 cm³/mol. The maximum atomic E-state index is 11.9. The molecular formula is C19H18N2O2. The monoisotopic (exact) mass is 306 g/mol. The highest BCUT2D eigenvalue weighted by Crippen LogP contribution is 2.21. The Kier molecular flexibility index (Phi) is 4.43. The van der Waals surface area contributed by atoms with Crippen molar-refractivity contribution in [2.45, 2.75) is 13.0 Å². The molecule has 3 rings (SSSR count). The molecule has 23 heavy (non-hydrogen) atoms. The highest BCUT2D eigenvalue weighted by Gasteiger charge is 2.08. The molecule has 4 heteroatoms. The summed E-state index contributed by atoms with van der Waals surface area (Å²) in [7, 11) is 0. The number of carbonyl (C=O) groups excluding carboxylic acids is 1. The van der Waals surface area contributed by atoms with Crippen molar-refractivity contribution in [2.75, 3.05) is 10.6 Å². The molecule has 1 atom stereocenters. The van der Waals surface area contributed by atoms with Crippen LogP contribution in [-0.4, -0.2) is 5.91 Å². The van der Waals surface area contributed by atoms with E-state index in [0.717, 1.165) is 11.4 Å². The Labute approximate surface area is 135 Å². The van der Waals surface area contributed by atoms with E-state index in [1.165, 1.54) is 18.1 Å². The SMILES string of the molecule is CC(Nc1ccc(NC(=O)c2ccoc2)cc1)c1ccccc1. The Balaban J connectivity index is 1.62. The van der Waals surface area contributed by atoms with E-state index < -0.39 is 0 Å². The fourth-order valence-electron chi connectivity index (χ4n) is 2.32. The summed E-state index contributed by atoms with van der Waals surface area (Å²) < 4.78 is 4.91. The van der Waals surface area contributed by atoms with E-state index >= 15 is 0 Å². The van der Waals surface area contributed by atoms with Crippen LogP contribution in [0, 0.1) is 0 Å². The molecule has 116 valence electrons. The van der Waals surface area contributed by atoms with Gasteiger partial charge in [0.15, 0.2) is 0 Å². The minimum atomic E-state index is -0.183. The first kappa shape index (κ1) is 14.9. The quantitative estimate of drug-likeness (QED) is 0.718. The van der Waals surface area contributed by atoms with Crippen molar-refractivity contribution in [3.63, 3.8) is 0 Å². The first-order chi connectivity index (χ1) is 11.2. The van der Waals surface area contributed by atoms with Gasteiger partial charge >= 0.3 is 0 Å². The fourth-order valence-corrected chi connectivity index (χ4v) is 2.32. The largest absolute Gasteiger partial charge is 0.472 e. The zero-order valence-corrected chi connectivity index (χ0v) is 12.8. The second kappa shape index (κ2) is 6.83. The van der Waals surface area contributed by atoms with Crippen molar-refractivity contribution in [1.82, 2.24) is 0 Å². The molecule has 0 saturated heterocycles. The van der Waals surface area contributed by atoms with Crippen LogP contribution in [0.3, 0.4) is 0 Å². The minimum Gasteiger partial charge on any atom is -0.472 e. The van der Waals surface area contributed by atoms with Crippen molar-refractivity contribution in [3.8, 4) is 0 Å². The predicted octanol–water partition coefficient (Wildman–Crippen LogP) is 4.71. The number of carbonyl (C=O) groups is 1. The molecule has 0 aliphatic heterocycles. The summed E-state index contributed by atoms with van der Waals surface area (Å²) in [4.78, 5) is 11.9. The van der Waals surface area contributed by atoms with Crippen molar-refractivity contribution >= 4 is 17.3 Å². The van der Waals surface area contributed by atoms with Gasteiger partial charge in [-0.05, 0) is 42.8 Å². The number of benzene rings is 2. The van der Waals surface area contributed by atoms with Crippen LogP contribution in [0.1, 0.15) is 28.9 Å². The van der Waals surface area contributed by atoms with Crippen LogP contribution in [0.4, 0.5) is 11.4 Å². The molecule has 0 fully saturated rings. The molecule has 2 N–H and O–H groups in total. The lowest BCUT2D eigenvalue weighted by Gasteiger charge is -2.16. The van der Waals surface area contributed by atoms with Gasteiger partial charge < -0.3 is 15.1 Å². The molecule has 1 unspecified atom stereocenters. The molecule has 1 heterocycles. The van der Waals surface area contributed by atoms with Gasteiger partial charge in [-0.15, -0.1) is 0 Å². The van der Waals surface area contributed by atoms with E-state index in [2.05, 4.69) is 29.7 Å². The summed E-state index contributed by atoms with van der Waals surface area (Å²) in [6.45, 7) is 2.12. The molecule has 3 aromatic rings. The van der Waals surface area contributed by atoms with E-state index in [4.69, 9.17) is 4.42 Å². The maximum Gasteiger partial charge on any atom is 0.258 e. The molecule has 0 bridgehead atoms. The molecule has 1 amide bonds. The third kappa shape index (κ3) is 3.80. The highest BCUT2D eigenvalue weighted by molar-refractivity contribution is 6.04. The first-order valence-electron chi connectivity index (χ1n) is 7.47. The average Bonchev–Trinajstić information content (AvgIpc) is 3.12. The van der Waals surface area contributed by atoms with Gasteiger partial charge in [0.2, 0.25) is 0 Å². The van der Waals surface area contributed by atoms with Crippen LogP contribution < -0.4 is 10.6 Å². The van der Waals surface area contributed by atoms with Gasteiger partial charge in [-0.3, -0.25) is 4.79 Å². The van der Waals surface area contributed by atoms with Crippen LogP contribution in [0.15, 0.2) is 77.6 Å². The van der Waals surface area contributed by atoms with Gasteiger partial charge in [-0.25, -0.2) is 0 Å². The second-order valence-corrected chi connectivity index (χ2v) is 5.32. The number of nitrogens with one attached hydrogen (secondary N) is 2. The Bertz CT molecular complexity index is 750. The van der Waals surface area contributed by atoms with Crippen molar-refractivity contribution in [2.24, 2.45) is 0 Å². The van der Waals surface area contributed by atoms with Crippen LogP contribution in [-0.2, 0) is 0 Å². The van der Waals surface area contributed by atoms with Crippen molar-refractivity contribution in [3.05, 3.63) is 84.3 Å². The normalized spacial score (nSPS) is 11.7. The van der Waals surface area contributed by atoms with E-state index in [1.54, 1.807) is 6.07 Å². The Morgan fingerprint density at radius 1 is 0.957 bits per heavy atom. The van der Waals surface area contributed by atoms with E-state index in [1.807, 2.05) is 42.5 Å². The van der Waals surface area contributed by atoms with Crippen LogP contribution in [0.5, 0.6) is 0 Å². The van der Waals surface area contributed by atoms with Gasteiger partial charge in [0.25, 0.3) is 5.91 Å². The topological polar surface area (TPSA) is 54.3 Å².